The van der Waals surface area contributed by atoms with Crippen molar-refractivity contribution in [3.63, 3.8) is 0 Å². The first-order valence-corrected chi connectivity index (χ1v) is 12.4. The number of benzene rings is 3. The van der Waals surface area contributed by atoms with E-state index in [0.717, 1.165) is 33.6 Å². The Morgan fingerprint density at radius 1 is 0.971 bits per heavy atom. The Labute approximate surface area is 210 Å². The number of anilines is 1. The molecule has 3 heterocycles. The molecule has 3 N–H and O–H groups in total. The van der Waals surface area contributed by atoms with Crippen LogP contribution in [0.1, 0.15) is 17.3 Å². The number of nitrogens with one attached hydrogen (secondary N) is 3. The summed E-state index contributed by atoms with van der Waals surface area (Å²) in [6.07, 6.45) is 1.35. The normalized spacial score (nSPS) is 14.1. The maximum absolute atomic E-state index is 13.4. The molecule has 9 heteroatoms. The van der Waals surface area contributed by atoms with Gasteiger partial charge in [-0.25, -0.2) is 0 Å². The third-order valence-corrected chi connectivity index (χ3v) is 7.21. The van der Waals surface area contributed by atoms with Crippen LogP contribution in [0.3, 0.4) is 0 Å². The monoisotopic (exact) mass is 499 g/mol. The summed E-state index contributed by atoms with van der Waals surface area (Å²) in [5, 5.41) is 17.1. The summed E-state index contributed by atoms with van der Waals surface area (Å²) in [7, 11) is 0. The summed E-state index contributed by atoms with van der Waals surface area (Å²) in [6.45, 7) is 0. The van der Waals surface area contributed by atoms with Crippen LogP contribution in [-0.4, -0.2) is 20.3 Å². The van der Waals surface area contributed by atoms with E-state index in [0.29, 0.717) is 21.6 Å². The average molecular weight is 500 g/mol. The van der Waals surface area contributed by atoms with Gasteiger partial charge in [-0.05, 0) is 28.4 Å². The zero-order valence-electron chi connectivity index (χ0n) is 18.4. The van der Waals surface area contributed by atoms with Gasteiger partial charge in [0.05, 0.1) is 28.7 Å². The first-order valence-electron chi connectivity index (χ1n) is 11.1. The molecule has 35 heavy (non-hydrogen) atoms. The summed E-state index contributed by atoms with van der Waals surface area (Å²) in [5.41, 5.74) is 5.68. The molecule has 1 aliphatic rings. The number of para-hydroxylation sites is 1. The summed E-state index contributed by atoms with van der Waals surface area (Å²) in [6, 6.07) is 25.4. The van der Waals surface area contributed by atoms with Gasteiger partial charge in [0.2, 0.25) is 5.16 Å². The van der Waals surface area contributed by atoms with Crippen molar-refractivity contribution in [1.82, 2.24) is 20.3 Å². The Kier molecular flexibility index (Phi) is 5.60. The van der Waals surface area contributed by atoms with Crippen LogP contribution in [0.5, 0.6) is 0 Å². The molecule has 0 spiro atoms. The second-order valence-electron chi connectivity index (χ2n) is 8.09. The van der Waals surface area contributed by atoms with E-state index in [2.05, 4.69) is 20.5 Å². The van der Waals surface area contributed by atoms with Crippen molar-refractivity contribution in [2.75, 3.05) is 5.32 Å². The summed E-state index contributed by atoms with van der Waals surface area (Å²) in [4.78, 5) is 16.3. The molecule has 0 saturated carbocycles. The Hall–Kier alpha value is -3.88. The van der Waals surface area contributed by atoms with Crippen LogP contribution in [0.4, 0.5) is 5.69 Å². The zero-order valence-corrected chi connectivity index (χ0v) is 20.0. The van der Waals surface area contributed by atoms with Gasteiger partial charge in [0.1, 0.15) is 0 Å². The quantitative estimate of drug-likeness (QED) is 0.233. The summed E-state index contributed by atoms with van der Waals surface area (Å²) in [5.74, 6) is 0.581. The molecule has 0 amide bonds. The number of nitrogens with zero attached hydrogens (tertiary/aromatic N) is 3. The standard InChI is InChI=1S/C26H19ClN6OS/c27-20-12-6-4-10-17(20)15-35-26-30-25(34)23-18-11-5-7-13-21(18)29-24(33(23)32-26)19-14-28-31-22(19)16-8-2-1-3-9-16/h1-14,24H,15H2,(H2,28,30,31,32,34)/p+1/t24-/m1/s1. The number of thioether (sulfide) groups is 1. The third kappa shape index (κ3) is 4.00. The number of fused-ring (bicyclic) bond motifs is 3. The Balaban J connectivity index is 1.46. The lowest BCUT2D eigenvalue weighted by Gasteiger charge is -2.22. The molecule has 2 aromatic heterocycles. The third-order valence-electron chi connectivity index (χ3n) is 5.93. The molecule has 6 rings (SSSR count). The van der Waals surface area contributed by atoms with Gasteiger partial charge in [-0.15, -0.1) is 0 Å². The molecule has 1 aliphatic heterocycles. The number of rotatable bonds is 5. The molecule has 0 bridgehead atoms. The molecule has 0 saturated heterocycles. The molecular formula is C26H20ClN6OS+. The van der Waals surface area contributed by atoms with Crippen molar-refractivity contribution in [1.29, 1.82) is 0 Å². The molecule has 0 aliphatic carbocycles. The fourth-order valence-electron chi connectivity index (χ4n) is 4.26. The number of aromatic nitrogens is 5. The van der Waals surface area contributed by atoms with Crippen molar-refractivity contribution in [3.05, 3.63) is 112 Å². The van der Waals surface area contributed by atoms with E-state index in [1.807, 2.05) is 78.9 Å². The van der Waals surface area contributed by atoms with E-state index >= 15 is 0 Å². The van der Waals surface area contributed by atoms with Gasteiger partial charge in [-0.1, -0.05) is 84.0 Å². The number of H-pyrrole nitrogens is 2. The van der Waals surface area contributed by atoms with Crippen molar-refractivity contribution in [2.45, 2.75) is 17.1 Å². The fourth-order valence-corrected chi connectivity index (χ4v) is 5.40. The van der Waals surface area contributed by atoms with Gasteiger partial charge in [0, 0.05) is 21.4 Å². The molecular weight excluding hydrogens is 480 g/mol. The molecule has 7 nitrogen and oxygen atoms in total. The van der Waals surface area contributed by atoms with E-state index < -0.39 is 6.17 Å². The largest absolute Gasteiger partial charge is 0.325 e. The predicted molar refractivity (Wildman–Crippen MR) is 137 cm³/mol. The number of aromatic amines is 2. The minimum Gasteiger partial charge on any atom is -0.321 e. The zero-order chi connectivity index (χ0) is 23.8. The lowest BCUT2D eigenvalue weighted by molar-refractivity contribution is -0.759. The number of hydrogen-bond donors (Lipinski definition) is 3. The van der Waals surface area contributed by atoms with E-state index in [9.17, 15) is 4.79 Å². The highest BCUT2D eigenvalue weighted by atomic mass is 35.5. The van der Waals surface area contributed by atoms with Gasteiger partial charge in [-0.3, -0.25) is 14.9 Å². The maximum atomic E-state index is 13.4. The minimum atomic E-state index is -0.434. The Bertz CT molecular complexity index is 1580. The second-order valence-corrected chi connectivity index (χ2v) is 9.46. The maximum Gasteiger partial charge on any atom is 0.325 e. The molecule has 0 radical (unpaired) electrons. The van der Waals surface area contributed by atoms with Gasteiger partial charge < -0.3 is 5.32 Å². The van der Waals surface area contributed by atoms with Crippen LogP contribution < -0.4 is 15.6 Å². The molecule has 0 unspecified atom stereocenters. The van der Waals surface area contributed by atoms with Crippen LogP contribution in [0, 0.1) is 0 Å². The van der Waals surface area contributed by atoms with Crippen LogP contribution in [0.25, 0.3) is 22.5 Å². The molecule has 3 aromatic carbocycles. The molecule has 0 fully saturated rings. The molecule has 1 atom stereocenters. The van der Waals surface area contributed by atoms with Crippen molar-refractivity contribution < 1.29 is 4.68 Å². The van der Waals surface area contributed by atoms with Crippen LogP contribution in [0.2, 0.25) is 5.02 Å². The lowest BCUT2D eigenvalue weighted by atomic mass is 10.0. The predicted octanol–water partition coefficient (Wildman–Crippen LogP) is 5.03. The average Bonchev–Trinajstić information content (AvgIpc) is 3.38. The second kappa shape index (κ2) is 9.05. The van der Waals surface area contributed by atoms with Gasteiger partial charge >= 0.3 is 11.3 Å². The van der Waals surface area contributed by atoms with Crippen molar-refractivity contribution >= 4 is 29.1 Å². The van der Waals surface area contributed by atoms with E-state index in [4.69, 9.17) is 16.7 Å². The smallest absolute Gasteiger partial charge is 0.321 e. The molecule has 172 valence electrons. The highest BCUT2D eigenvalue weighted by Gasteiger charge is 2.39. The Morgan fingerprint density at radius 2 is 1.74 bits per heavy atom. The van der Waals surface area contributed by atoms with Crippen LogP contribution >= 0.6 is 23.4 Å². The fraction of sp³-hybridized carbons (Fsp3) is 0.0769. The summed E-state index contributed by atoms with van der Waals surface area (Å²) < 4.78 is 1.76. The van der Waals surface area contributed by atoms with Crippen LogP contribution in [-0.2, 0) is 5.75 Å². The molecule has 5 aromatic rings. The highest BCUT2D eigenvalue weighted by molar-refractivity contribution is 7.98. The highest BCUT2D eigenvalue weighted by Crippen LogP contribution is 2.34. The first-order chi connectivity index (χ1) is 17.2. The first kappa shape index (κ1) is 21.6. The van der Waals surface area contributed by atoms with Gasteiger partial charge in [-0.2, -0.15) is 5.10 Å². The van der Waals surface area contributed by atoms with E-state index in [1.54, 1.807) is 10.9 Å². The Morgan fingerprint density at radius 3 is 2.60 bits per heavy atom. The number of halogens is 1. The number of hydrogen-bond acceptors (Lipinski definition) is 5. The SMILES string of the molecule is O=c1[nH]c(SCc2ccccc2Cl)n[n+]2c1-c1ccccc1N[C@H]2c1cn[nH]c1-c1ccccc1. The van der Waals surface area contributed by atoms with E-state index in [-0.39, 0.29) is 5.56 Å². The topological polar surface area (TPSA) is 90.3 Å². The lowest BCUT2D eigenvalue weighted by Crippen LogP contribution is -2.55. The van der Waals surface area contributed by atoms with Crippen LogP contribution in [0.15, 0.2) is 95.0 Å². The van der Waals surface area contributed by atoms with E-state index in [1.165, 1.54) is 11.8 Å². The minimum absolute atomic E-state index is 0.203. The van der Waals surface area contributed by atoms with Crippen molar-refractivity contribution in [2.24, 2.45) is 0 Å². The van der Waals surface area contributed by atoms with Gasteiger partial charge in [0.15, 0.2) is 0 Å². The van der Waals surface area contributed by atoms with Gasteiger partial charge in [0.25, 0.3) is 6.17 Å². The summed E-state index contributed by atoms with van der Waals surface area (Å²) >= 11 is 7.76. The van der Waals surface area contributed by atoms with Crippen molar-refractivity contribution in [3.8, 4) is 22.5 Å².